The van der Waals surface area contributed by atoms with E-state index < -0.39 is 13.0 Å². The molecule has 5 heteroatoms. The smallest absolute Gasteiger partial charge is 0.261 e. The van der Waals surface area contributed by atoms with Crippen molar-refractivity contribution in [2.45, 2.75) is 32.7 Å². The first kappa shape index (κ1) is 16.0. The molecule has 0 fully saturated rings. The Hall–Kier alpha value is -1.07. The second kappa shape index (κ2) is 7.50. The van der Waals surface area contributed by atoms with E-state index in [0.29, 0.717) is 6.42 Å². The summed E-state index contributed by atoms with van der Waals surface area (Å²) in [5.41, 5.74) is 2.71. The normalized spacial score (nSPS) is 13.0. The van der Waals surface area contributed by atoms with Gasteiger partial charge in [0.1, 0.15) is 12.4 Å². The van der Waals surface area contributed by atoms with Gasteiger partial charge in [-0.2, -0.15) is 0 Å². The van der Waals surface area contributed by atoms with Crippen LogP contribution in [-0.4, -0.2) is 26.7 Å². The third-order valence-electron chi connectivity index (χ3n) is 3.05. The summed E-state index contributed by atoms with van der Waals surface area (Å²) in [7, 11) is 1.79. The van der Waals surface area contributed by atoms with Gasteiger partial charge in [-0.25, -0.2) is 13.2 Å². The highest BCUT2D eigenvalue weighted by molar-refractivity contribution is 5.36. The molecule has 1 rings (SSSR count). The first-order valence-corrected chi connectivity index (χ1v) is 6.25. The zero-order valence-electron chi connectivity index (χ0n) is 11.5. The first-order valence-electron chi connectivity index (χ1n) is 6.25. The van der Waals surface area contributed by atoms with Gasteiger partial charge in [-0.15, -0.1) is 0 Å². The van der Waals surface area contributed by atoms with Gasteiger partial charge in [0.25, 0.3) is 6.43 Å². The lowest BCUT2D eigenvalue weighted by Gasteiger charge is -2.21. The minimum atomic E-state index is -2.44. The molecule has 0 radical (unpaired) electrons. The number of alkyl halides is 2. The number of nitrogens with one attached hydrogen (secondary N) is 1. The van der Waals surface area contributed by atoms with Gasteiger partial charge in [0.05, 0.1) is 0 Å². The van der Waals surface area contributed by atoms with Gasteiger partial charge in [0, 0.05) is 12.6 Å². The van der Waals surface area contributed by atoms with Gasteiger partial charge in [0.2, 0.25) is 0 Å². The number of rotatable bonds is 7. The van der Waals surface area contributed by atoms with Gasteiger partial charge in [-0.3, -0.25) is 0 Å². The molecule has 2 nitrogen and oxygen atoms in total. The lowest BCUT2D eigenvalue weighted by molar-refractivity contribution is 0.0145. The molecule has 0 saturated carbocycles. The Morgan fingerprint density at radius 2 is 1.79 bits per heavy atom. The van der Waals surface area contributed by atoms with E-state index in [9.17, 15) is 13.2 Å². The van der Waals surface area contributed by atoms with E-state index in [1.54, 1.807) is 7.05 Å². The molecule has 1 aromatic carbocycles. The molecule has 1 N–H and O–H groups in total. The van der Waals surface area contributed by atoms with Gasteiger partial charge < -0.3 is 10.1 Å². The maximum absolute atomic E-state index is 13.2. The Balaban J connectivity index is 2.69. The molecule has 1 atom stereocenters. The lowest BCUT2D eigenvalue weighted by atomic mass is 9.94. The Morgan fingerprint density at radius 1 is 1.21 bits per heavy atom. The van der Waals surface area contributed by atoms with Crippen LogP contribution in [0.5, 0.6) is 0 Å². The summed E-state index contributed by atoms with van der Waals surface area (Å²) in [5.74, 6) is -0.262. The van der Waals surface area contributed by atoms with Crippen molar-refractivity contribution in [3.05, 3.63) is 34.6 Å². The van der Waals surface area contributed by atoms with Crippen LogP contribution in [0.2, 0.25) is 0 Å². The second-order valence-electron chi connectivity index (χ2n) is 4.55. The van der Waals surface area contributed by atoms with Crippen molar-refractivity contribution >= 4 is 0 Å². The fourth-order valence-corrected chi connectivity index (χ4v) is 2.28. The number of hydrogen-bond donors (Lipinski definition) is 1. The van der Waals surface area contributed by atoms with Gasteiger partial charge in [0.15, 0.2) is 0 Å². The van der Waals surface area contributed by atoms with E-state index in [1.807, 2.05) is 13.8 Å². The highest BCUT2D eigenvalue weighted by atomic mass is 19.3. The van der Waals surface area contributed by atoms with Crippen molar-refractivity contribution in [2.75, 3.05) is 20.3 Å². The standard InChI is InChI=1S/C14H20F3NO/c1-9-6-11(15)7-10(2)14(9)12(18-3)4-5-19-8-13(16)17/h6-7,12-13,18H,4-5,8H2,1-3H3. The molecule has 0 aliphatic heterocycles. The minimum absolute atomic E-state index is 0.0294. The van der Waals surface area contributed by atoms with E-state index in [4.69, 9.17) is 4.74 Å². The van der Waals surface area contributed by atoms with E-state index in [2.05, 4.69) is 5.32 Å². The van der Waals surface area contributed by atoms with Crippen LogP contribution < -0.4 is 5.32 Å². The zero-order valence-corrected chi connectivity index (χ0v) is 11.5. The predicted molar refractivity (Wildman–Crippen MR) is 69.1 cm³/mol. The molecule has 0 heterocycles. The Bertz CT molecular complexity index is 387. The second-order valence-corrected chi connectivity index (χ2v) is 4.55. The third-order valence-corrected chi connectivity index (χ3v) is 3.05. The van der Waals surface area contributed by atoms with Crippen LogP contribution in [0.25, 0.3) is 0 Å². The van der Waals surface area contributed by atoms with Crippen molar-refractivity contribution in [3.8, 4) is 0 Å². The fraction of sp³-hybridized carbons (Fsp3) is 0.571. The molecule has 0 saturated heterocycles. The van der Waals surface area contributed by atoms with Crippen LogP contribution in [0.3, 0.4) is 0 Å². The maximum Gasteiger partial charge on any atom is 0.261 e. The third kappa shape index (κ3) is 4.84. The highest BCUT2D eigenvalue weighted by Gasteiger charge is 2.15. The van der Waals surface area contributed by atoms with Crippen LogP contribution in [0, 0.1) is 19.7 Å². The molecule has 0 aliphatic rings. The number of ether oxygens (including phenoxy) is 1. The van der Waals surface area contributed by atoms with Gasteiger partial charge >= 0.3 is 0 Å². The lowest BCUT2D eigenvalue weighted by Crippen LogP contribution is -2.21. The number of aryl methyl sites for hydroxylation is 2. The average molecular weight is 275 g/mol. The average Bonchev–Trinajstić information content (AvgIpc) is 2.30. The fourth-order valence-electron chi connectivity index (χ4n) is 2.28. The topological polar surface area (TPSA) is 21.3 Å². The summed E-state index contributed by atoms with van der Waals surface area (Å²) in [6.45, 7) is 3.38. The maximum atomic E-state index is 13.2. The molecular weight excluding hydrogens is 255 g/mol. The molecule has 0 bridgehead atoms. The molecule has 108 valence electrons. The van der Waals surface area contributed by atoms with Crippen molar-refractivity contribution in [3.63, 3.8) is 0 Å². The summed E-state index contributed by atoms with van der Waals surface area (Å²) >= 11 is 0. The molecule has 19 heavy (non-hydrogen) atoms. The van der Waals surface area contributed by atoms with Crippen LogP contribution in [0.4, 0.5) is 13.2 Å². The molecule has 1 aromatic rings. The molecule has 0 aromatic heterocycles. The van der Waals surface area contributed by atoms with Crippen LogP contribution >= 0.6 is 0 Å². The first-order chi connectivity index (χ1) is 8.95. The largest absolute Gasteiger partial charge is 0.375 e. The Kier molecular flexibility index (Phi) is 6.31. The van der Waals surface area contributed by atoms with E-state index >= 15 is 0 Å². The SMILES string of the molecule is CNC(CCOCC(F)F)c1c(C)cc(F)cc1C. The molecule has 1 unspecified atom stereocenters. The number of hydrogen-bond acceptors (Lipinski definition) is 2. The van der Waals surface area contributed by atoms with Gasteiger partial charge in [-0.05, 0) is 56.1 Å². The van der Waals surface area contributed by atoms with Crippen molar-refractivity contribution in [1.82, 2.24) is 5.32 Å². The summed E-state index contributed by atoms with van der Waals surface area (Å²) in [6.07, 6.45) is -1.88. The highest BCUT2D eigenvalue weighted by Crippen LogP contribution is 2.25. The van der Waals surface area contributed by atoms with Crippen LogP contribution in [-0.2, 0) is 4.74 Å². The van der Waals surface area contributed by atoms with E-state index in [1.165, 1.54) is 12.1 Å². The van der Waals surface area contributed by atoms with Crippen LogP contribution in [0.15, 0.2) is 12.1 Å². The van der Waals surface area contributed by atoms with Crippen LogP contribution in [0.1, 0.15) is 29.2 Å². The summed E-state index contributed by atoms with van der Waals surface area (Å²) < 4.78 is 42.0. The predicted octanol–water partition coefficient (Wildman–Crippen LogP) is 3.37. The minimum Gasteiger partial charge on any atom is -0.375 e. The zero-order chi connectivity index (χ0) is 14.4. The summed E-state index contributed by atoms with van der Waals surface area (Å²) in [5, 5.41) is 3.12. The quantitative estimate of drug-likeness (QED) is 0.770. The van der Waals surface area contributed by atoms with Gasteiger partial charge in [-0.1, -0.05) is 0 Å². The monoisotopic (exact) mass is 275 g/mol. The van der Waals surface area contributed by atoms with E-state index in [0.717, 1.165) is 16.7 Å². The van der Waals surface area contributed by atoms with Crippen molar-refractivity contribution in [1.29, 1.82) is 0 Å². The Morgan fingerprint density at radius 3 is 2.26 bits per heavy atom. The molecule has 0 aliphatic carbocycles. The summed E-state index contributed by atoms with van der Waals surface area (Å²) in [4.78, 5) is 0. The van der Waals surface area contributed by atoms with Crippen molar-refractivity contribution in [2.24, 2.45) is 0 Å². The molecule has 0 spiro atoms. The van der Waals surface area contributed by atoms with Crippen molar-refractivity contribution < 1.29 is 17.9 Å². The number of benzene rings is 1. The van der Waals surface area contributed by atoms with E-state index in [-0.39, 0.29) is 18.5 Å². The molecular formula is C14H20F3NO. The summed E-state index contributed by atoms with van der Waals surface area (Å²) in [6, 6.07) is 2.93. The number of halogens is 3. The molecule has 0 amide bonds. The Labute approximate surface area is 112 Å².